The van der Waals surface area contributed by atoms with Crippen molar-refractivity contribution in [3.05, 3.63) is 53.2 Å². The minimum Gasteiger partial charge on any atom is -0.447 e. The van der Waals surface area contributed by atoms with Crippen molar-refractivity contribution in [1.82, 2.24) is 19.7 Å². The first kappa shape index (κ1) is 20.9. The van der Waals surface area contributed by atoms with Crippen LogP contribution in [-0.2, 0) is 13.1 Å². The third-order valence-corrected chi connectivity index (χ3v) is 6.08. The summed E-state index contributed by atoms with van der Waals surface area (Å²) in [6.07, 6.45) is 4.68. The van der Waals surface area contributed by atoms with Gasteiger partial charge in [0.1, 0.15) is 6.26 Å². The van der Waals surface area contributed by atoms with E-state index in [2.05, 4.69) is 21.7 Å². The van der Waals surface area contributed by atoms with E-state index in [-0.39, 0.29) is 11.9 Å². The second kappa shape index (κ2) is 9.22. The Morgan fingerprint density at radius 3 is 2.57 bits per heavy atom. The standard InChI is InChI=1S/C22H28F2N4O2/c1-16-5-2-3-8-28(16)22(29)19-15-30-20(25-19)14-27-11-9-26(10-12-27)13-17-6-4-7-18(23)21(17)24/h4,6-7,15-16H,2-3,5,8-14H2,1H3. The Morgan fingerprint density at radius 2 is 1.83 bits per heavy atom. The van der Waals surface area contributed by atoms with Crippen LogP contribution in [0.3, 0.4) is 0 Å². The first-order valence-corrected chi connectivity index (χ1v) is 10.6. The molecule has 2 aliphatic heterocycles. The van der Waals surface area contributed by atoms with Crippen molar-refractivity contribution < 1.29 is 18.0 Å². The number of likely N-dealkylation sites (tertiary alicyclic amines) is 1. The summed E-state index contributed by atoms with van der Waals surface area (Å²) in [5.74, 6) is -1.09. The Balaban J connectivity index is 1.28. The van der Waals surface area contributed by atoms with Gasteiger partial charge >= 0.3 is 0 Å². The van der Waals surface area contributed by atoms with Gasteiger partial charge in [-0.2, -0.15) is 0 Å². The predicted octanol–water partition coefficient (Wildman–Crippen LogP) is 3.29. The van der Waals surface area contributed by atoms with Gasteiger partial charge in [-0.25, -0.2) is 13.8 Å². The number of aromatic nitrogens is 1. The van der Waals surface area contributed by atoms with Gasteiger partial charge in [-0.15, -0.1) is 0 Å². The van der Waals surface area contributed by atoms with Gasteiger partial charge in [0, 0.05) is 50.9 Å². The Hall–Kier alpha value is -2.32. The summed E-state index contributed by atoms with van der Waals surface area (Å²) < 4.78 is 32.8. The molecule has 0 aliphatic carbocycles. The molecule has 1 aromatic carbocycles. The molecule has 2 aliphatic rings. The second-order valence-corrected chi connectivity index (χ2v) is 8.24. The van der Waals surface area contributed by atoms with E-state index in [4.69, 9.17) is 4.42 Å². The van der Waals surface area contributed by atoms with Gasteiger partial charge < -0.3 is 9.32 Å². The van der Waals surface area contributed by atoms with Gasteiger partial charge in [0.25, 0.3) is 5.91 Å². The maximum Gasteiger partial charge on any atom is 0.276 e. The number of carbonyl (C=O) groups is 1. The van der Waals surface area contributed by atoms with Gasteiger partial charge in [0.15, 0.2) is 17.3 Å². The highest BCUT2D eigenvalue weighted by molar-refractivity contribution is 5.92. The van der Waals surface area contributed by atoms with Crippen molar-refractivity contribution in [3.63, 3.8) is 0 Å². The van der Waals surface area contributed by atoms with Crippen molar-refractivity contribution in [2.45, 2.75) is 45.3 Å². The summed E-state index contributed by atoms with van der Waals surface area (Å²) in [6, 6.07) is 4.54. The van der Waals surface area contributed by atoms with Crippen LogP contribution in [0.4, 0.5) is 8.78 Å². The minimum atomic E-state index is -0.806. The molecule has 6 nitrogen and oxygen atoms in total. The molecular formula is C22H28F2N4O2. The third-order valence-electron chi connectivity index (χ3n) is 6.08. The molecule has 2 fully saturated rings. The van der Waals surface area contributed by atoms with Crippen molar-refractivity contribution >= 4 is 5.91 Å². The molecule has 162 valence electrons. The normalized spacial score (nSPS) is 21.2. The van der Waals surface area contributed by atoms with Gasteiger partial charge in [-0.05, 0) is 32.3 Å². The Bertz CT molecular complexity index is 880. The summed E-state index contributed by atoms with van der Waals surface area (Å²) in [5.41, 5.74) is 0.755. The third kappa shape index (κ3) is 4.70. The lowest BCUT2D eigenvalue weighted by atomic mass is 10.0. The van der Waals surface area contributed by atoms with Crippen molar-refractivity contribution in [2.24, 2.45) is 0 Å². The minimum absolute atomic E-state index is 0.0564. The topological polar surface area (TPSA) is 52.8 Å². The van der Waals surface area contributed by atoms with Gasteiger partial charge in [-0.3, -0.25) is 14.6 Å². The highest BCUT2D eigenvalue weighted by atomic mass is 19.2. The molecular weight excluding hydrogens is 390 g/mol. The Kier molecular flexibility index (Phi) is 6.43. The van der Waals surface area contributed by atoms with E-state index in [1.807, 2.05) is 4.90 Å². The number of hydrogen-bond acceptors (Lipinski definition) is 5. The van der Waals surface area contributed by atoms with Crippen LogP contribution in [0, 0.1) is 11.6 Å². The largest absolute Gasteiger partial charge is 0.447 e. The quantitative estimate of drug-likeness (QED) is 0.746. The molecule has 1 aromatic heterocycles. The van der Waals surface area contributed by atoms with E-state index in [9.17, 15) is 13.6 Å². The zero-order chi connectivity index (χ0) is 21.1. The lowest BCUT2D eigenvalue weighted by molar-refractivity contribution is 0.0629. The monoisotopic (exact) mass is 418 g/mol. The maximum atomic E-state index is 13.9. The molecule has 0 spiro atoms. The van der Waals surface area contributed by atoms with E-state index < -0.39 is 11.6 Å². The van der Waals surface area contributed by atoms with Crippen molar-refractivity contribution in [1.29, 1.82) is 0 Å². The van der Waals surface area contributed by atoms with E-state index in [0.717, 1.165) is 58.1 Å². The SMILES string of the molecule is CC1CCCCN1C(=O)c1coc(CN2CCN(Cc3cccc(F)c3F)CC2)n1. The van der Waals surface area contributed by atoms with E-state index in [1.165, 1.54) is 12.3 Å². The second-order valence-electron chi connectivity index (χ2n) is 8.24. The molecule has 0 radical (unpaired) electrons. The number of nitrogens with zero attached hydrogens (tertiary/aromatic N) is 4. The number of amides is 1. The number of hydrogen-bond donors (Lipinski definition) is 0. The van der Waals surface area contributed by atoms with E-state index in [1.54, 1.807) is 6.07 Å². The molecule has 0 N–H and O–H groups in total. The zero-order valence-corrected chi connectivity index (χ0v) is 17.3. The average molecular weight is 418 g/mol. The fourth-order valence-corrected chi connectivity index (χ4v) is 4.24. The number of piperidine rings is 1. The molecule has 8 heteroatoms. The Labute approximate surface area is 175 Å². The lowest BCUT2D eigenvalue weighted by Crippen LogP contribution is -2.45. The zero-order valence-electron chi connectivity index (χ0n) is 17.3. The average Bonchev–Trinajstić information content (AvgIpc) is 3.21. The highest BCUT2D eigenvalue weighted by Gasteiger charge is 2.27. The fraction of sp³-hybridized carbons (Fsp3) is 0.545. The first-order chi connectivity index (χ1) is 14.5. The summed E-state index contributed by atoms with van der Waals surface area (Å²) in [4.78, 5) is 23.3. The molecule has 3 heterocycles. The van der Waals surface area contributed by atoms with Gasteiger partial charge in [-0.1, -0.05) is 12.1 Å². The fourth-order valence-electron chi connectivity index (χ4n) is 4.24. The first-order valence-electron chi connectivity index (χ1n) is 10.6. The van der Waals surface area contributed by atoms with Crippen LogP contribution in [0.2, 0.25) is 0 Å². The molecule has 0 bridgehead atoms. The Morgan fingerprint density at radius 1 is 1.10 bits per heavy atom. The van der Waals surface area contributed by atoms with Crippen LogP contribution in [0.1, 0.15) is 48.1 Å². The van der Waals surface area contributed by atoms with Crippen LogP contribution in [0.5, 0.6) is 0 Å². The summed E-state index contributed by atoms with van der Waals surface area (Å²) in [6.45, 7) is 6.80. The van der Waals surface area contributed by atoms with Crippen LogP contribution >= 0.6 is 0 Å². The lowest BCUT2D eigenvalue weighted by Gasteiger charge is -2.34. The van der Waals surface area contributed by atoms with Crippen molar-refractivity contribution in [3.8, 4) is 0 Å². The van der Waals surface area contributed by atoms with Gasteiger partial charge in [0.05, 0.1) is 6.54 Å². The number of oxazole rings is 1. The molecule has 1 amide bonds. The summed E-state index contributed by atoms with van der Waals surface area (Å²) in [7, 11) is 0. The number of rotatable bonds is 5. The molecule has 1 unspecified atom stereocenters. The van der Waals surface area contributed by atoms with Crippen molar-refractivity contribution in [2.75, 3.05) is 32.7 Å². The van der Waals surface area contributed by atoms with Crippen LogP contribution in [-0.4, -0.2) is 64.4 Å². The van der Waals surface area contributed by atoms with E-state index in [0.29, 0.717) is 30.2 Å². The summed E-state index contributed by atoms with van der Waals surface area (Å²) >= 11 is 0. The maximum absolute atomic E-state index is 13.9. The molecule has 2 saturated heterocycles. The van der Waals surface area contributed by atoms with Crippen LogP contribution in [0.15, 0.2) is 28.9 Å². The number of benzene rings is 1. The highest BCUT2D eigenvalue weighted by Crippen LogP contribution is 2.20. The number of piperazine rings is 1. The molecule has 1 atom stereocenters. The van der Waals surface area contributed by atoms with Crippen LogP contribution in [0.25, 0.3) is 0 Å². The molecule has 0 saturated carbocycles. The smallest absolute Gasteiger partial charge is 0.276 e. The molecule has 2 aromatic rings. The van der Waals surface area contributed by atoms with Gasteiger partial charge in [0.2, 0.25) is 5.89 Å². The number of halogens is 2. The summed E-state index contributed by atoms with van der Waals surface area (Å²) in [5, 5.41) is 0. The number of carbonyl (C=O) groups excluding carboxylic acids is 1. The molecule has 4 rings (SSSR count). The predicted molar refractivity (Wildman–Crippen MR) is 108 cm³/mol. The molecule has 30 heavy (non-hydrogen) atoms. The van der Waals surface area contributed by atoms with Crippen LogP contribution < -0.4 is 0 Å². The van der Waals surface area contributed by atoms with E-state index >= 15 is 0 Å².